The Morgan fingerprint density at radius 3 is 2.15 bits per heavy atom. The predicted octanol–water partition coefficient (Wildman–Crippen LogP) is 2.14. The molecule has 41 heavy (non-hydrogen) atoms. The highest BCUT2D eigenvalue weighted by molar-refractivity contribution is 5.91. The molecule has 3 N–H and O–H groups in total. The van der Waals surface area contributed by atoms with Crippen LogP contribution in [0.5, 0.6) is 0 Å². The van der Waals surface area contributed by atoms with Crippen LogP contribution >= 0.6 is 0 Å². The lowest BCUT2D eigenvalue weighted by Gasteiger charge is -2.37. The number of rotatable bonds is 8. The smallest absolute Gasteiger partial charge is 0.408 e. The maximum absolute atomic E-state index is 13.2. The summed E-state index contributed by atoms with van der Waals surface area (Å²) in [6, 6.07) is 7.39. The van der Waals surface area contributed by atoms with Gasteiger partial charge >= 0.3 is 6.09 Å². The molecule has 4 rings (SSSR count). The van der Waals surface area contributed by atoms with E-state index in [9.17, 15) is 14.4 Å². The van der Waals surface area contributed by atoms with Gasteiger partial charge in [-0.15, -0.1) is 0 Å². The topological polar surface area (TPSA) is 143 Å². The second-order valence-corrected chi connectivity index (χ2v) is 12.6. The van der Waals surface area contributed by atoms with Crippen LogP contribution in [0.3, 0.4) is 0 Å². The van der Waals surface area contributed by atoms with Gasteiger partial charge in [-0.25, -0.2) is 4.79 Å². The molecule has 3 unspecified atom stereocenters. The fraction of sp³-hybridized carbons (Fsp3) is 0.690. The van der Waals surface area contributed by atoms with E-state index < -0.39 is 77.9 Å². The van der Waals surface area contributed by atoms with E-state index in [0.717, 1.165) is 5.56 Å². The van der Waals surface area contributed by atoms with Gasteiger partial charge in [-0.3, -0.25) is 9.59 Å². The molecule has 3 amide bonds. The third-order valence-electron chi connectivity index (χ3n) is 6.77. The Morgan fingerprint density at radius 1 is 0.878 bits per heavy atom. The Hall–Kier alpha value is -2.77. The van der Waals surface area contributed by atoms with E-state index in [0.29, 0.717) is 0 Å². The number of amides is 3. The van der Waals surface area contributed by atoms with Crippen LogP contribution in [0.1, 0.15) is 61.0 Å². The van der Waals surface area contributed by atoms with E-state index in [-0.39, 0.29) is 13.0 Å². The molecular weight excluding hydrogens is 534 g/mol. The standard InChI is InChI=1S/C29H43N3O9/c1-16(31-24(34)18(14-17-12-10-9-11-13-17)32-26(35)41-27(2,3)4)23(33)30-15-19-20-21(38-28(5,6)37-20)22-25(36-19)40-29(7,8)39-22/h9-13,16,18-22,25H,14-15H2,1-8H3,(H,30,33)(H,31,34)(H,32,35)/t16-,18-,19?,20-,21?,22?,25+/m0/s1. The Kier molecular flexibility index (Phi) is 9.01. The highest BCUT2D eigenvalue weighted by atomic mass is 16.9. The van der Waals surface area contributed by atoms with Gasteiger partial charge in [0.1, 0.15) is 42.1 Å². The predicted molar refractivity (Wildman–Crippen MR) is 146 cm³/mol. The van der Waals surface area contributed by atoms with Gasteiger partial charge in [-0.1, -0.05) is 30.3 Å². The third-order valence-corrected chi connectivity index (χ3v) is 6.77. The van der Waals surface area contributed by atoms with Crippen molar-refractivity contribution in [2.75, 3.05) is 6.54 Å². The first-order valence-corrected chi connectivity index (χ1v) is 14.0. The molecule has 0 aliphatic carbocycles. The quantitative estimate of drug-likeness (QED) is 0.424. The Balaban J connectivity index is 1.36. The molecule has 0 aromatic heterocycles. The fourth-order valence-electron chi connectivity index (χ4n) is 5.10. The van der Waals surface area contributed by atoms with Crippen molar-refractivity contribution in [2.24, 2.45) is 0 Å². The second kappa shape index (κ2) is 11.8. The van der Waals surface area contributed by atoms with Gasteiger partial charge in [0.15, 0.2) is 17.9 Å². The number of nitrogens with one attached hydrogen (secondary N) is 3. The number of hydrogen-bond acceptors (Lipinski definition) is 9. The van der Waals surface area contributed by atoms with Crippen LogP contribution < -0.4 is 16.0 Å². The molecule has 0 spiro atoms. The summed E-state index contributed by atoms with van der Waals surface area (Å²) in [5.41, 5.74) is 0.103. The summed E-state index contributed by atoms with van der Waals surface area (Å²) in [5, 5.41) is 8.17. The van der Waals surface area contributed by atoms with Gasteiger partial charge in [0.05, 0.1) is 0 Å². The lowest BCUT2D eigenvalue weighted by Crippen LogP contribution is -2.59. The van der Waals surface area contributed by atoms with Crippen molar-refractivity contribution in [3.8, 4) is 0 Å². The van der Waals surface area contributed by atoms with Crippen LogP contribution in [0.15, 0.2) is 30.3 Å². The minimum absolute atomic E-state index is 0.0935. The molecule has 0 radical (unpaired) electrons. The molecule has 3 saturated heterocycles. The van der Waals surface area contributed by atoms with Crippen LogP contribution in [0.4, 0.5) is 4.79 Å². The summed E-state index contributed by atoms with van der Waals surface area (Å²) in [4.78, 5) is 38.7. The summed E-state index contributed by atoms with van der Waals surface area (Å²) >= 11 is 0. The van der Waals surface area contributed by atoms with Gasteiger partial charge in [0, 0.05) is 13.0 Å². The minimum Gasteiger partial charge on any atom is -0.444 e. The maximum atomic E-state index is 13.2. The third kappa shape index (κ3) is 8.16. The maximum Gasteiger partial charge on any atom is 0.408 e. The van der Waals surface area contributed by atoms with Crippen LogP contribution in [-0.2, 0) is 44.4 Å². The van der Waals surface area contributed by atoms with Crippen molar-refractivity contribution < 1.29 is 42.8 Å². The second-order valence-electron chi connectivity index (χ2n) is 12.6. The summed E-state index contributed by atoms with van der Waals surface area (Å²) in [6.45, 7) is 14.1. The van der Waals surface area contributed by atoms with Crippen LogP contribution in [-0.4, -0.2) is 84.4 Å². The van der Waals surface area contributed by atoms with E-state index in [1.54, 1.807) is 41.5 Å². The van der Waals surface area contributed by atoms with Crippen molar-refractivity contribution in [2.45, 2.75) is 122 Å². The first kappa shape index (κ1) is 31.2. The van der Waals surface area contributed by atoms with Crippen molar-refractivity contribution in [3.05, 3.63) is 35.9 Å². The Labute approximate surface area is 241 Å². The van der Waals surface area contributed by atoms with Crippen molar-refractivity contribution in [1.29, 1.82) is 0 Å². The van der Waals surface area contributed by atoms with Gasteiger partial charge in [0.2, 0.25) is 11.8 Å². The Morgan fingerprint density at radius 2 is 1.49 bits per heavy atom. The lowest BCUT2D eigenvalue weighted by atomic mass is 9.99. The van der Waals surface area contributed by atoms with Crippen molar-refractivity contribution in [1.82, 2.24) is 16.0 Å². The van der Waals surface area contributed by atoms with E-state index in [1.807, 2.05) is 44.2 Å². The average Bonchev–Trinajstić information content (AvgIpc) is 3.35. The summed E-state index contributed by atoms with van der Waals surface area (Å²) in [6.07, 6.45) is -3.18. The molecule has 0 bridgehead atoms. The molecule has 3 aliphatic heterocycles. The number of ether oxygens (including phenoxy) is 6. The molecule has 1 aromatic carbocycles. The van der Waals surface area contributed by atoms with E-state index in [1.165, 1.54) is 0 Å². The molecule has 0 saturated carbocycles. The van der Waals surface area contributed by atoms with Gasteiger partial charge < -0.3 is 44.4 Å². The molecule has 3 fully saturated rings. The minimum atomic E-state index is -0.962. The lowest BCUT2D eigenvalue weighted by molar-refractivity contribution is -0.232. The summed E-state index contributed by atoms with van der Waals surface area (Å²) < 4.78 is 35.6. The number of alkyl carbamates (subject to hydrolysis) is 1. The van der Waals surface area contributed by atoms with Gasteiger partial charge in [-0.2, -0.15) is 0 Å². The van der Waals surface area contributed by atoms with Crippen LogP contribution in [0.2, 0.25) is 0 Å². The monoisotopic (exact) mass is 577 g/mol. The largest absolute Gasteiger partial charge is 0.444 e. The normalized spacial score (nSPS) is 29.4. The zero-order valence-electron chi connectivity index (χ0n) is 25.0. The average molecular weight is 578 g/mol. The van der Waals surface area contributed by atoms with E-state index in [2.05, 4.69) is 16.0 Å². The molecule has 12 nitrogen and oxygen atoms in total. The van der Waals surface area contributed by atoms with E-state index >= 15 is 0 Å². The van der Waals surface area contributed by atoms with E-state index in [4.69, 9.17) is 28.4 Å². The first-order valence-electron chi connectivity index (χ1n) is 14.0. The molecular formula is C29H43N3O9. The highest BCUT2D eigenvalue weighted by Crippen LogP contribution is 2.43. The zero-order valence-corrected chi connectivity index (χ0v) is 25.0. The number of carbonyl (C=O) groups is 3. The molecule has 3 heterocycles. The molecule has 3 aliphatic rings. The number of carbonyl (C=O) groups excluding carboxylic acids is 3. The molecule has 228 valence electrons. The van der Waals surface area contributed by atoms with Crippen LogP contribution in [0.25, 0.3) is 0 Å². The number of fused-ring (bicyclic) bond motifs is 3. The zero-order chi connectivity index (χ0) is 30.2. The fourth-order valence-corrected chi connectivity index (χ4v) is 5.10. The summed E-state index contributed by atoms with van der Waals surface area (Å²) in [7, 11) is 0. The van der Waals surface area contributed by atoms with Gasteiger partial charge in [0.25, 0.3) is 0 Å². The number of benzene rings is 1. The van der Waals surface area contributed by atoms with Gasteiger partial charge in [-0.05, 0) is 61.0 Å². The highest BCUT2D eigenvalue weighted by Gasteiger charge is 2.60. The van der Waals surface area contributed by atoms with Crippen molar-refractivity contribution >= 4 is 17.9 Å². The summed E-state index contributed by atoms with van der Waals surface area (Å²) in [5.74, 6) is -2.66. The van der Waals surface area contributed by atoms with Crippen LogP contribution in [0, 0.1) is 0 Å². The van der Waals surface area contributed by atoms with Crippen molar-refractivity contribution in [3.63, 3.8) is 0 Å². The molecule has 1 aromatic rings. The first-order chi connectivity index (χ1) is 19.0. The number of hydrogen-bond donors (Lipinski definition) is 3. The molecule has 7 atom stereocenters. The Bertz CT molecular complexity index is 1100. The SMILES string of the molecule is C[C@H](NC(=O)[C@H](Cc1ccccc1)NC(=O)OC(C)(C)C)C(=O)NCC1O[C@@H]2OC(C)(C)OC2C2OC(C)(C)O[C@@H]12. The molecule has 12 heteroatoms.